The van der Waals surface area contributed by atoms with Gasteiger partial charge in [0.25, 0.3) is 0 Å². The summed E-state index contributed by atoms with van der Waals surface area (Å²) in [5, 5.41) is 3.40. The Kier molecular flexibility index (Phi) is 6.46. The molecule has 1 atom stereocenters. The molecule has 3 rings (SSSR count). The molecule has 0 radical (unpaired) electrons. The topological polar surface area (TPSA) is 74.2 Å². The summed E-state index contributed by atoms with van der Waals surface area (Å²) in [4.78, 5) is 30.4. The van der Waals surface area contributed by atoms with E-state index in [2.05, 4.69) is 38.9 Å². The van der Waals surface area contributed by atoms with E-state index in [0.717, 1.165) is 43.5 Å². The van der Waals surface area contributed by atoms with Gasteiger partial charge < -0.3 is 10.2 Å². The molecule has 0 aliphatic carbocycles. The Bertz CT molecular complexity index is 818. The first-order chi connectivity index (χ1) is 13.3. The minimum Gasteiger partial charge on any atom is -0.354 e. The number of piperazine rings is 1. The van der Waals surface area contributed by atoms with Crippen LogP contribution in [0.5, 0.6) is 0 Å². The molecule has 0 aromatic carbocycles. The summed E-state index contributed by atoms with van der Waals surface area (Å²) in [6.07, 6.45) is 1.52. The van der Waals surface area contributed by atoms with E-state index >= 15 is 0 Å². The van der Waals surface area contributed by atoms with Crippen LogP contribution in [0.4, 0.5) is 11.6 Å². The van der Waals surface area contributed by atoms with Crippen LogP contribution in [0.2, 0.25) is 5.02 Å². The number of carbonyl (C=O) groups excluding carboxylic acids is 1. The quantitative estimate of drug-likeness (QED) is 0.828. The molecule has 3 heterocycles. The fourth-order valence-electron chi connectivity index (χ4n) is 3.18. The van der Waals surface area contributed by atoms with Crippen molar-refractivity contribution in [3.8, 4) is 0 Å². The van der Waals surface area contributed by atoms with Crippen molar-refractivity contribution in [3.63, 3.8) is 0 Å². The molecule has 7 nitrogen and oxygen atoms in total. The summed E-state index contributed by atoms with van der Waals surface area (Å²) in [5.74, 6) is 2.59. The van der Waals surface area contributed by atoms with E-state index < -0.39 is 0 Å². The highest BCUT2D eigenvalue weighted by molar-refractivity contribution is 6.30. The van der Waals surface area contributed by atoms with Crippen LogP contribution in [0.15, 0.2) is 24.4 Å². The third-order valence-corrected chi connectivity index (χ3v) is 5.14. The maximum absolute atomic E-state index is 12.6. The number of nitrogens with one attached hydrogen (secondary N) is 1. The number of carbonyl (C=O) groups is 1. The second-order valence-corrected chi connectivity index (χ2v) is 7.87. The molecule has 1 unspecified atom stereocenters. The number of aryl methyl sites for hydroxylation is 1. The zero-order valence-corrected chi connectivity index (χ0v) is 17.6. The van der Waals surface area contributed by atoms with Crippen molar-refractivity contribution in [3.05, 3.63) is 40.9 Å². The molecule has 1 saturated heterocycles. The lowest BCUT2D eigenvalue weighted by Gasteiger charge is -2.38. The monoisotopic (exact) mass is 402 g/mol. The molecule has 0 bridgehead atoms. The van der Waals surface area contributed by atoms with Crippen molar-refractivity contribution in [2.75, 3.05) is 36.4 Å². The zero-order valence-electron chi connectivity index (χ0n) is 16.8. The van der Waals surface area contributed by atoms with E-state index in [1.165, 1.54) is 6.20 Å². The van der Waals surface area contributed by atoms with Crippen LogP contribution in [-0.2, 0) is 4.79 Å². The Hall–Kier alpha value is -2.25. The first-order valence-corrected chi connectivity index (χ1v) is 9.98. The van der Waals surface area contributed by atoms with E-state index in [4.69, 9.17) is 16.6 Å². The number of amides is 1. The summed E-state index contributed by atoms with van der Waals surface area (Å²) >= 11 is 5.84. The van der Waals surface area contributed by atoms with Gasteiger partial charge in [-0.25, -0.2) is 15.0 Å². The van der Waals surface area contributed by atoms with Gasteiger partial charge in [-0.05, 0) is 26.0 Å². The summed E-state index contributed by atoms with van der Waals surface area (Å²) < 4.78 is 0. The van der Waals surface area contributed by atoms with E-state index in [1.807, 2.05) is 19.9 Å². The average Bonchev–Trinajstić information content (AvgIpc) is 2.68. The smallest absolute Gasteiger partial charge is 0.242 e. The van der Waals surface area contributed by atoms with Crippen LogP contribution < -0.4 is 10.2 Å². The van der Waals surface area contributed by atoms with Crippen LogP contribution in [0.3, 0.4) is 0 Å². The van der Waals surface area contributed by atoms with Gasteiger partial charge in [0.1, 0.15) is 17.5 Å². The lowest BCUT2D eigenvalue weighted by Crippen LogP contribution is -2.53. The van der Waals surface area contributed by atoms with Gasteiger partial charge in [-0.1, -0.05) is 25.4 Å². The third kappa shape index (κ3) is 4.97. The minimum atomic E-state index is -0.238. The molecular formula is C20H27ClN6O. The fourth-order valence-corrected chi connectivity index (χ4v) is 3.29. The molecule has 8 heteroatoms. The molecule has 2 aromatic heterocycles. The molecule has 28 heavy (non-hydrogen) atoms. The predicted molar refractivity (Wildman–Crippen MR) is 112 cm³/mol. The SMILES string of the molecule is Cc1cc(N2CCN(C(C)C(=O)Nc3ccc(Cl)cn3)CC2)nc(C(C)C)n1. The van der Waals surface area contributed by atoms with Crippen molar-refractivity contribution in [2.45, 2.75) is 39.7 Å². The maximum atomic E-state index is 12.6. The summed E-state index contributed by atoms with van der Waals surface area (Å²) in [5.41, 5.74) is 0.985. The van der Waals surface area contributed by atoms with Gasteiger partial charge in [0.2, 0.25) is 5.91 Å². The van der Waals surface area contributed by atoms with E-state index in [-0.39, 0.29) is 11.9 Å². The van der Waals surface area contributed by atoms with Crippen LogP contribution in [-0.4, -0.2) is 58.0 Å². The molecular weight excluding hydrogens is 376 g/mol. The van der Waals surface area contributed by atoms with Crippen LogP contribution in [0, 0.1) is 6.92 Å². The summed E-state index contributed by atoms with van der Waals surface area (Å²) in [7, 11) is 0. The molecule has 2 aromatic rings. The second kappa shape index (κ2) is 8.84. The van der Waals surface area contributed by atoms with Gasteiger partial charge in [-0.3, -0.25) is 9.69 Å². The van der Waals surface area contributed by atoms with Gasteiger partial charge in [-0.15, -0.1) is 0 Å². The molecule has 1 aliphatic heterocycles. The lowest BCUT2D eigenvalue weighted by molar-refractivity contribution is -0.120. The van der Waals surface area contributed by atoms with Crippen molar-refractivity contribution in [1.82, 2.24) is 19.9 Å². The van der Waals surface area contributed by atoms with Crippen LogP contribution in [0.1, 0.15) is 38.2 Å². The Labute approximate surface area is 171 Å². The van der Waals surface area contributed by atoms with Gasteiger partial charge in [0.05, 0.1) is 11.1 Å². The van der Waals surface area contributed by atoms with Gasteiger partial charge in [0.15, 0.2) is 0 Å². The fraction of sp³-hybridized carbons (Fsp3) is 0.500. The number of anilines is 2. The summed E-state index contributed by atoms with van der Waals surface area (Å²) in [6, 6.07) is 5.21. The Balaban J connectivity index is 1.58. The molecule has 0 saturated carbocycles. The molecule has 1 amide bonds. The van der Waals surface area contributed by atoms with Crippen molar-refractivity contribution >= 4 is 29.1 Å². The van der Waals surface area contributed by atoms with Crippen molar-refractivity contribution < 1.29 is 4.79 Å². The first kappa shape index (κ1) is 20.5. The molecule has 0 spiro atoms. The Morgan fingerprint density at radius 2 is 1.86 bits per heavy atom. The lowest BCUT2D eigenvalue weighted by atomic mass is 10.2. The average molecular weight is 403 g/mol. The van der Waals surface area contributed by atoms with Crippen LogP contribution in [0.25, 0.3) is 0 Å². The van der Waals surface area contributed by atoms with Crippen molar-refractivity contribution in [2.24, 2.45) is 0 Å². The number of rotatable bonds is 5. The Morgan fingerprint density at radius 3 is 2.46 bits per heavy atom. The largest absolute Gasteiger partial charge is 0.354 e. The molecule has 1 aliphatic rings. The highest BCUT2D eigenvalue weighted by Gasteiger charge is 2.26. The van der Waals surface area contributed by atoms with E-state index in [9.17, 15) is 4.79 Å². The number of halogens is 1. The van der Waals surface area contributed by atoms with Crippen LogP contribution >= 0.6 is 11.6 Å². The molecule has 150 valence electrons. The normalized spacial score (nSPS) is 16.3. The highest BCUT2D eigenvalue weighted by atomic mass is 35.5. The number of pyridine rings is 1. The first-order valence-electron chi connectivity index (χ1n) is 9.60. The minimum absolute atomic E-state index is 0.0664. The van der Waals surface area contributed by atoms with Gasteiger partial charge in [-0.2, -0.15) is 0 Å². The number of aromatic nitrogens is 3. The molecule has 1 fully saturated rings. The Morgan fingerprint density at radius 1 is 1.14 bits per heavy atom. The molecule has 1 N–H and O–H groups in total. The third-order valence-electron chi connectivity index (χ3n) is 4.92. The predicted octanol–water partition coefficient (Wildman–Crippen LogP) is 3.11. The zero-order chi connectivity index (χ0) is 20.3. The van der Waals surface area contributed by atoms with E-state index in [0.29, 0.717) is 16.8 Å². The standard InChI is InChI=1S/C20H27ClN6O/c1-13(2)19-23-14(3)11-18(25-19)27-9-7-26(8-10-27)15(4)20(28)24-17-6-5-16(21)12-22-17/h5-6,11-13,15H,7-10H2,1-4H3,(H,22,24,28). The number of hydrogen-bond donors (Lipinski definition) is 1. The van der Waals surface area contributed by atoms with Crippen molar-refractivity contribution in [1.29, 1.82) is 0 Å². The highest BCUT2D eigenvalue weighted by Crippen LogP contribution is 2.19. The number of hydrogen-bond acceptors (Lipinski definition) is 6. The number of nitrogens with zero attached hydrogens (tertiary/aromatic N) is 5. The van der Waals surface area contributed by atoms with Gasteiger partial charge in [0, 0.05) is 50.1 Å². The summed E-state index contributed by atoms with van der Waals surface area (Å²) in [6.45, 7) is 11.4. The van der Waals surface area contributed by atoms with E-state index in [1.54, 1.807) is 12.1 Å². The second-order valence-electron chi connectivity index (χ2n) is 7.43. The maximum Gasteiger partial charge on any atom is 0.242 e. The van der Waals surface area contributed by atoms with Gasteiger partial charge >= 0.3 is 0 Å².